The first-order valence-electron chi connectivity index (χ1n) is 5.64. The van der Waals surface area contributed by atoms with Crippen LogP contribution in [0.15, 0.2) is 0 Å². The van der Waals surface area contributed by atoms with Gasteiger partial charge in [-0.25, -0.2) is 0 Å². The fourth-order valence-corrected chi connectivity index (χ4v) is 1.96. The summed E-state index contributed by atoms with van der Waals surface area (Å²) >= 11 is 0. The van der Waals surface area contributed by atoms with E-state index in [9.17, 15) is 0 Å². The van der Waals surface area contributed by atoms with Crippen molar-refractivity contribution in [2.75, 3.05) is 19.8 Å². The largest absolute Gasteiger partial charge is 0.381 e. The third-order valence-corrected chi connectivity index (χ3v) is 2.77. The second-order valence-corrected chi connectivity index (χ2v) is 4.15. The molecule has 1 N–H and O–H groups in total. The molecule has 1 unspecified atom stereocenters. The molecular formula is C11H23NO. The van der Waals surface area contributed by atoms with Crippen molar-refractivity contribution >= 4 is 0 Å². The zero-order chi connectivity index (χ0) is 9.52. The predicted molar refractivity (Wildman–Crippen MR) is 55.9 cm³/mol. The Kier molecular flexibility index (Phi) is 5.40. The Bertz CT molecular complexity index is 121. The molecule has 1 atom stereocenters. The van der Waals surface area contributed by atoms with E-state index in [4.69, 9.17) is 4.74 Å². The summed E-state index contributed by atoms with van der Waals surface area (Å²) in [5, 5.41) is 3.54. The standard InChI is InChI=1S/C11H23NO/c1-3-6-12-10(2)9-11-4-7-13-8-5-11/h10-12H,3-9H2,1-2H3. The summed E-state index contributed by atoms with van der Waals surface area (Å²) in [5.74, 6) is 0.896. The van der Waals surface area contributed by atoms with Crippen molar-refractivity contribution in [3.63, 3.8) is 0 Å². The first-order chi connectivity index (χ1) is 6.33. The molecule has 0 aliphatic carbocycles. The Morgan fingerprint density at radius 2 is 2.08 bits per heavy atom. The number of hydrogen-bond donors (Lipinski definition) is 1. The highest BCUT2D eigenvalue weighted by atomic mass is 16.5. The van der Waals surface area contributed by atoms with Crippen molar-refractivity contribution in [3.8, 4) is 0 Å². The Balaban J connectivity index is 2.07. The molecule has 13 heavy (non-hydrogen) atoms. The number of hydrogen-bond acceptors (Lipinski definition) is 2. The van der Waals surface area contributed by atoms with Gasteiger partial charge in [0.15, 0.2) is 0 Å². The van der Waals surface area contributed by atoms with Gasteiger partial charge >= 0.3 is 0 Å². The topological polar surface area (TPSA) is 21.3 Å². The zero-order valence-electron chi connectivity index (χ0n) is 9.01. The van der Waals surface area contributed by atoms with Gasteiger partial charge in [0.05, 0.1) is 0 Å². The highest BCUT2D eigenvalue weighted by Crippen LogP contribution is 2.19. The SMILES string of the molecule is CCCNC(C)CC1CCOCC1. The van der Waals surface area contributed by atoms with E-state index in [1.807, 2.05) is 0 Å². The molecule has 0 amide bonds. The van der Waals surface area contributed by atoms with Gasteiger partial charge in [0.25, 0.3) is 0 Å². The van der Waals surface area contributed by atoms with E-state index in [0.29, 0.717) is 6.04 Å². The zero-order valence-corrected chi connectivity index (χ0v) is 9.01. The molecule has 1 fully saturated rings. The highest BCUT2D eigenvalue weighted by Gasteiger charge is 2.15. The molecule has 1 heterocycles. The number of ether oxygens (including phenoxy) is 1. The van der Waals surface area contributed by atoms with Crippen molar-refractivity contribution < 1.29 is 4.74 Å². The van der Waals surface area contributed by atoms with Gasteiger partial charge in [0, 0.05) is 19.3 Å². The van der Waals surface area contributed by atoms with Gasteiger partial charge in [-0.15, -0.1) is 0 Å². The van der Waals surface area contributed by atoms with Crippen molar-refractivity contribution in [1.82, 2.24) is 5.32 Å². The molecule has 0 saturated carbocycles. The highest BCUT2D eigenvalue weighted by molar-refractivity contribution is 4.70. The molecule has 0 aromatic heterocycles. The maximum atomic E-state index is 5.34. The normalized spacial score (nSPS) is 21.7. The Morgan fingerprint density at radius 1 is 1.38 bits per heavy atom. The van der Waals surface area contributed by atoms with Crippen LogP contribution in [0, 0.1) is 5.92 Å². The molecule has 0 spiro atoms. The number of rotatable bonds is 5. The van der Waals surface area contributed by atoms with Crippen molar-refractivity contribution in [1.29, 1.82) is 0 Å². The third kappa shape index (κ3) is 4.63. The summed E-state index contributed by atoms with van der Waals surface area (Å²) in [6, 6.07) is 0.683. The molecule has 1 aliphatic heterocycles. The van der Waals surface area contributed by atoms with Crippen LogP contribution in [0.2, 0.25) is 0 Å². The minimum atomic E-state index is 0.683. The molecule has 0 radical (unpaired) electrons. The van der Waals surface area contributed by atoms with E-state index in [1.165, 1.54) is 25.7 Å². The van der Waals surface area contributed by atoms with E-state index in [0.717, 1.165) is 25.7 Å². The van der Waals surface area contributed by atoms with E-state index in [2.05, 4.69) is 19.2 Å². The fraction of sp³-hybridized carbons (Fsp3) is 1.00. The van der Waals surface area contributed by atoms with Crippen LogP contribution < -0.4 is 5.32 Å². The molecule has 0 aromatic rings. The maximum Gasteiger partial charge on any atom is 0.0468 e. The summed E-state index contributed by atoms with van der Waals surface area (Å²) < 4.78 is 5.34. The van der Waals surface area contributed by atoms with Crippen molar-refractivity contribution in [2.24, 2.45) is 5.92 Å². The molecule has 0 aromatic carbocycles. The monoisotopic (exact) mass is 185 g/mol. The Morgan fingerprint density at radius 3 is 2.69 bits per heavy atom. The van der Waals surface area contributed by atoms with Gasteiger partial charge in [-0.1, -0.05) is 6.92 Å². The van der Waals surface area contributed by atoms with Crippen LogP contribution in [-0.4, -0.2) is 25.8 Å². The van der Waals surface area contributed by atoms with E-state index in [1.54, 1.807) is 0 Å². The van der Waals surface area contributed by atoms with E-state index in [-0.39, 0.29) is 0 Å². The summed E-state index contributed by atoms with van der Waals surface area (Å²) in [6.45, 7) is 7.63. The first kappa shape index (κ1) is 11.0. The molecule has 78 valence electrons. The smallest absolute Gasteiger partial charge is 0.0468 e. The Labute approximate surface area is 82.0 Å². The van der Waals surface area contributed by atoms with Crippen LogP contribution in [0.1, 0.15) is 39.5 Å². The lowest BCUT2D eigenvalue weighted by Crippen LogP contribution is -2.30. The van der Waals surface area contributed by atoms with E-state index < -0.39 is 0 Å². The Hall–Kier alpha value is -0.0800. The molecule has 1 saturated heterocycles. The molecule has 2 heteroatoms. The van der Waals surface area contributed by atoms with Gasteiger partial charge in [0.1, 0.15) is 0 Å². The molecule has 1 aliphatic rings. The first-order valence-corrected chi connectivity index (χ1v) is 5.64. The lowest BCUT2D eigenvalue weighted by molar-refractivity contribution is 0.0612. The predicted octanol–water partition coefficient (Wildman–Crippen LogP) is 2.19. The van der Waals surface area contributed by atoms with Gasteiger partial charge in [-0.3, -0.25) is 0 Å². The molecule has 2 nitrogen and oxygen atoms in total. The average Bonchev–Trinajstić information content (AvgIpc) is 2.16. The van der Waals surface area contributed by atoms with Gasteiger partial charge in [-0.2, -0.15) is 0 Å². The van der Waals surface area contributed by atoms with Gasteiger partial charge in [0.2, 0.25) is 0 Å². The minimum absolute atomic E-state index is 0.683. The summed E-state index contributed by atoms with van der Waals surface area (Å²) in [6.07, 6.45) is 5.08. The van der Waals surface area contributed by atoms with Crippen LogP contribution in [0.4, 0.5) is 0 Å². The summed E-state index contributed by atoms with van der Waals surface area (Å²) in [5.41, 5.74) is 0. The minimum Gasteiger partial charge on any atom is -0.381 e. The second-order valence-electron chi connectivity index (χ2n) is 4.15. The van der Waals surface area contributed by atoms with Crippen molar-refractivity contribution in [2.45, 2.75) is 45.6 Å². The third-order valence-electron chi connectivity index (χ3n) is 2.77. The quantitative estimate of drug-likeness (QED) is 0.709. The summed E-state index contributed by atoms with van der Waals surface area (Å²) in [7, 11) is 0. The molecule has 1 rings (SSSR count). The fourth-order valence-electron chi connectivity index (χ4n) is 1.96. The van der Waals surface area contributed by atoms with Gasteiger partial charge in [-0.05, 0) is 45.1 Å². The van der Waals surface area contributed by atoms with Crippen LogP contribution in [0.25, 0.3) is 0 Å². The van der Waals surface area contributed by atoms with Crippen molar-refractivity contribution in [3.05, 3.63) is 0 Å². The second kappa shape index (κ2) is 6.39. The lowest BCUT2D eigenvalue weighted by atomic mass is 9.93. The molecule has 0 bridgehead atoms. The van der Waals surface area contributed by atoms with Crippen LogP contribution >= 0.6 is 0 Å². The van der Waals surface area contributed by atoms with E-state index >= 15 is 0 Å². The summed E-state index contributed by atoms with van der Waals surface area (Å²) in [4.78, 5) is 0. The maximum absolute atomic E-state index is 5.34. The van der Waals surface area contributed by atoms with Crippen LogP contribution in [0.5, 0.6) is 0 Å². The number of nitrogens with one attached hydrogen (secondary N) is 1. The average molecular weight is 185 g/mol. The van der Waals surface area contributed by atoms with Gasteiger partial charge < -0.3 is 10.1 Å². The van der Waals surface area contributed by atoms with Crippen LogP contribution in [0.3, 0.4) is 0 Å². The van der Waals surface area contributed by atoms with Crippen LogP contribution in [-0.2, 0) is 4.74 Å². The lowest BCUT2D eigenvalue weighted by Gasteiger charge is -2.25. The molecular weight excluding hydrogens is 162 g/mol.